The maximum Gasteiger partial charge on any atom is 0.330 e. The Bertz CT molecular complexity index is 1170. The van der Waals surface area contributed by atoms with Crippen molar-refractivity contribution < 1.29 is 14.0 Å². The van der Waals surface area contributed by atoms with Crippen LogP contribution in [0, 0.1) is 5.82 Å². The van der Waals surface area contributed by atoms with Crippen LogP contribution in [0.1, 0.15) is 43.5 Å². The average molecular weight is 489 g/mol. The van der Waals surface area contributed by atoms with Crippen molar-refractivity contribution in [3.63, 3.8) is 0 Å². The predicted molar refractivity (Wildman–Crippen MR) is 132 cm³/mol. The summed E-state index contributed by atoms with van der Waals surface area (Å²) in [5.41, 5.74) is 5.20. The highest BCUT2D eigenvalue weighted by Gasteiger charge is 2.28. The van der Waals surface area contributed by atoms with Gasteiger partial charge in [-0.15, -0.1) is 0 Å². The first kappa shape index (κ1) is 26.1. The van der Waals surface area contributed by atoms with E-state index in [1.807, 2.05) is 18.7 Å². The minimum Gasteiger partial charge on any atom is -0.383 e. The van der Waals surface area contributed by atoms with Crippen LogP contribution in [-0.2, 0) is 11.3 Å². The molecule has 3 N–H and O–H groups in total. The summed E-state index contributed by atoms with van der Waals surface area (Å²) in [5, 5.41) is 0. The maximum atomic E-state index is 13.5. The second-order valence-electron chi connectivity index (χ2n) is 8.62. The third kappa shape index (κ3) is 6.16. The highest BCUT2D eigenvalue weighted by Crippen LogP contribution is 2.19. The van der Waals surface area contributed by atoms with Crippen molar-refractivity contribution in [3.05, 3.63) is 56.5 Å². The smallest absolute Gasteiger partial charge is 0.330 e. The summed E-state index contributed by atoms with van der Waals surface area (Å²) in [6, 6.07) is 5.58. The number of carbonyl (C=O) groups excluding carboxylic acids is 2. The fourth-order valence-corrected chi connectivity index (χ4v) is 4.15. The van der Waals surface area contributed by atoms with Gasteiger partial charge in [0.25, 0.3) is 11.5 Å². The molecular weight excluding hydrogens is 455 g/mol. The molecule has 0 saturated carbocycles. The molecule has 0 spiro atoms. The van der Waals surface area contributed by atoms with Crippen molar-refractivity contribution >= 4 is 23.3 Å². The molecule has 2 amide bonds. The Hall–Kier alpha value is -3.47. The maximum absolute atomic E-state index is 13.5. The van der Waals surface area contributed by atoms with Crippen molar-refractivity contribution in [1.29, 1.82) is 0 Å². The molecule has 1 aliphatic heterocycles. The number of nitrogens with zero attached hydrogens (tertiary/aromatic N) is 4. The molecule has 0 radical (unpaired) electrons. The molecule has 0 bridgehead atoms. The molecular formula is C24H33FN6O4. The zero-order valence-electron chi connectivity index (χ0n) is 20.3. The summed E-state index contributed by atoms with van der Waals surface area (Å²) in [5.74, 6) is -1.04. The van der Waals surface area contributed by atoms with E-state index in [0.717, 1.165) is 6.42 Å². The fraction of sp³-hybridized carbons (Fsp3) is 0.500. The summed E-state index contributed by atoms with van der Waals surface area (Å²) in [7, 11) is 0. The number of piperazine rings is 1. The molecule has 0 aliphatic carbocycles. The third-order valence-electron chi connectivity index (χ3n) is 6.06. The standard InChI is InChI=1S/C24H33FN6O4/c1-3-5-10-30(20-21(26)31(9-4-2)24(35)27-22(20)33)19(32)16-28-11-13-29(14-12-28)23(34)17-7-6-8-18(25)15-17/h6-8,15H,3-5,9-14,16,26H2,1-2H3,(H,27,33,35). The van der Waals surface area contributed by atoms with Crippen molar-refractivity contribution in [3.8, 4) is 0 Å². The zero-order chi connectivity index (χ0) is 25.5. The van der Waals surface area contributed by atoms with Gasteiger partial charge in [-0.2, -0.15) is 0 Å². The van der Waals surface area contributed by atoms with Crippen molar-refractivity contribution in [2.45, 2.75) is 39.7 Å². The molecule has 1 aliphatic rings. The monoisotopic (exact) mass is 488 g/mol. The lowest BCUT2D eigenvalue weighted by molar-refractivity contribution is -0.120. The summed E-state index contributed by atoms with van der Waals surface area (Å²) >= 11 is 0. The number of unbranched alkanes of at least 4 members (excludes halogenated alkanes) is 1. The second-order valence-corrected chi connectivity index (χ2v) is 8.62. The van der Waals surface area contributed by atoms with E-state index in [4.69, 9.17) is 5.73 Å². The number of aromatic amines is 1. The number of nitrogens with one attached hydrogen (secondary N) is 1. The second kappa shape index (κ2) is 11.8. The molecule has 1 aromatic carbocycles. The van der Waals surface area contributed by atoms with Crippen LogP contribution < -0.4 is 21.9 Å². The third-order valence-corrected chi connectivity index (χ3v) is 6.06. The molecule has 1 aromatic heterocycles. The number of benzene rings is 1. The number of aromatic nitrogens is 2. The van der Waals surface area contributed by atoms with Gasteiger partial charge in [0, 0.05) is 44.8 Å². The Kier molecular flexibility index (Phi) is 8.80. The topological polar surface area (TPSA) is 125 Å². The van der Waals surface area contributed by atoms with E-state index in [1.54, 1.807) is 11.0 Å². The Morgan fingerprint density at radius 3 is 2.46 bits per heavy atom. The van der Waals surface area contributed by atoms with Gasteiger partial charge in [0.1, 0.15) is 11.6 Å². The number of hydrogen-bond acceptors (Lipinski definition) is 6. The Morgan fingerprint density at radius 2 is 1.83 bits per heavy atom. The summed E-state index contributed by atoms with van der Waals surface area (Å²) < 4.78 is 14.8. The number of H-pyrrole nitrogens is 1. The minimum atomic E-state index is -0.685. The minimum absolute atomic E-state index is 0.00332. The van der Waals surface area contributed by atoms with Crippen LogP contribution in [-0.4, -0.2) is 70.4 Å². The first-order valence-corrected chi connectivity index (χ1v) is 12.0. The predicted octanol–water partition coefficient (Wildman–Crippen LogP) is 1.26. The van der Waals surface area contributed by atoms with E-state index in [1.165, 1.54) is 27.7 Å². The van der Waals surface area contributed by atoms with E-state index in [0.29, 0.717) is 52.1 Å². The quantitative estimate of drug-likeness (QED) is 0.548. The van der Waals surface area contributed by atoms with Crippen LogP contribution >= 0.6 is 0 Å². The van der Waals surface area contributed by atoms with E-state index in [-0.39, 0.29) is 35.4 Å². The van der Waals surface area contributed by atoms with Gasteiger partial charge < -0.3 is 15.5 Å². The van der Waals surface area contributed by atoms with Crippen molar-refractivity contribution in [2.24, 2.45) is 0 Å². The Labute approximate surface area is 203 Å². The van der Waals surface area contributed by atoms with Gasteiger partial charge in [-0.3, -0.25) is 28.8 Å². The largest absolute Gasteiger partial charge is 0.383 e. The highest BCUT2D eigenvalue weighted by molar-refractivity contribution is 5.97. The van der Waals surface area contributed by atoms with Gasteiger partial charge in [-0.1, -0.05) is 26.3 Å². The van der Waals surface area contributed by atoms with Crippen LogP contribution in [0.2, 0.25) is 0 Å². The van der Waals surface area contributed by atoms with E-state index in [9.17, 15) is 23.6 Å². The highest BCUT2D eigenvalue weighted by atomic mass is 19.1. The van der Waals surface area contributed by atoms with Gasteiger partial charge in [-0.05, 0) is 31.0 Å². The molecule has 0 atom stereocenters. The molecule has 1 saturated heterocycles. The van der Waals surface area contributed by atoms with E-state index >= 15 is 0 Å². The normalized spacial score (nSPS) is 14.2. The summed E-state index contributed by atoms with van der Waals surface area (Å²) in [6.07, 6.45) is 2.10. The molecule has 3 rings (SSSR count). The van der Waals surface area contributed by atoms with Crippen LogP contribution in [0.4, 0.5) is 15.9 Å². The van der Waals surface area contributed by atoms with Crippen molar-refractivity contribution in [2.75, 3.05) is 49.9 Å². The van der Waals surface area contributed by atoms with Gasteiger partial charge in [-0.25, -0.2) is 9.18 Å². The van der Waals surface area contributed by atoms with Crippen LogP contribution in [0.3, 0.4) is 0 Å². The molecule has 0 unspecified atom stereocenters. The molecule has 1 fully saturated rings. The Morgan fingerprint density at radius 1 is 1.11 bits per heavy atom. The lowest BCUT2D eigenvalue weighted by Gasteiger charge is -2.35. The van der Waals surface area contributed by atoms with Crippen molar-refractivity contribution in [1.82, 2.24) is 19.4 Å². The molecule has 11 heteroatoms. The van der Waals surface area contributed by atoms with Gasteiger partial charge in [0.2, 0.25) is 5.91 Å². The summed E-state index contributed by atoms with van der Waals surface area (Å²) in [4.78, 5) is 58.0. The van der Waals surface area contributed by atoms with E-state index in [2.05, 4.69) is 4.98 Å². The van der Waals surface area contributed by atoms with Crippen LogP contribution in [0.25, 0.3) is 0 Å². The van der Waals surface area contributed by atoms with Gasteiger partial charge in [0.15, 0.2) is 5.69 Å². The molecule has 35 heavy (non-hydrogen) atoms. The molecule has 2 heterocycles. The number of carbonyl (C=O) groups is 2. The number of nitrogen functional groups attached to an aromatic ring is 1. The SMILES string of the molecule is CCCCN(C(=O)CN1CCN(C(=O)c2cccc(F)c2)CC1)c1c(N)n(CCC)c(=O)[nH]c1=O. The number of anilines is 2. The number of rotatable bonds is 9. The fourth-order valence-electron chi connectivity index (χ4n) is 4.15. The molecule has 10 nitrogen and oxygen atoms in total. The average Bonchev–Trinajstić information content (AvgIpc) is 2.83. The molecule has 190 valence electrons. The van der Waals surface area contributed by atoms with E-state index < -0.39 is 17.1 Å². The molecule has 2 aromatic rings. The number of amides is 2. The van der Waals surface area contributed by atoms with Gasteiger partial charge in [0.05, 0.1) is 6.54 Å². The zero-order valence-corrected chi connectivity index (χ0v) is 20.3. The number of halogens is 1. The lowest BCUT2D eigenvalue weighted by Crippen LogP contribution is -2.52. The number of nitrogens with two attached hydrogens (primary N) is 1. The van der Waals surface area contributed by atoms with Crippen LogP contribution in [0.15, 0.2) is 33.9 Å². The van der Waals surface area contributed by atoms with Gasteiger partial charge >= 0.3 is 5.69 Å². The summed E-state index contributed by atoms with van der Waals surface area (Å²) in [6.45, 7) is 6.21. The Balaban J connectivity index is 1.72. The lowest BCUT2D eigenvalue weighted by atomic mass is 10.1. The first-order valence-electron chi connectivity index (χ1n) is 12.0. The van der Waals surface area contributed by atoms with Crippen LogP contribution in [0.5, 0.6) is 0 Å². The first-order chi connectivity index (χ1) is 16.8. The number of hydrogen-bond donors (Lipinski definition) is 2.